The number of carbonyl (C=O) groups is 1. The third-order valence-electron chi connectivity index (χ3n) is 6.45. The summed E-state index contributed by atoms with van der Waals surface area (Å²) in [4.78, 5) is 28.1. The summed E-state index contributed by atoms with van der Waals surface area (Å²) in [5, 5.41) is 14.5. The molecule has 1 unspecified atom stereocenters. The summed E-state index contributed by atoms with van der Waals surface area (Å²) >= 11 is 5.58. The molecule has 3 aromatic rings. The summed E-state index contributed by atoms with van der Waals surface area (Å²) in [7, 11) is 0. The minimum atomic E-state index is -4.43. The van der Waals surface area contributed by atoms with E-state index in [4.69, 9.17) is 36.1 Å². The van der Waals surface area contributed by atoms with Crippen molar-refractivity contribution < 1.29 is 46.0 Å². The van der Waals surface area contributed by atoms with E-state index >= 15 is 8.78 Å². The fourth-order valence-corrected chi connectivity index (χ4v) is 6.73. The lowest BCUT2D eigenvalue weighted by Gasteiger charge is -2.34. The van der Waals surface area contributed by atoms with Gasteiger partial charge in [-0.05, 0) is 50.1 Å². The zero-order chi connectivity index (χ0) is 31.7. The standard InChI is InChI=1S/C26H29F4N4O7PS/c1-14(2)39-20(35)15(3)33-42(43,41-18-10-6-8-16-7-4-5-9-17(16)18)38-13-25(22(27)28)21(36)26(29,30)23(40-25)34-12-11-19(31)32-24(34)37/h4-12,14-15,21-23,36H,13H2,1-3H3,(H,33,43)(H2,31,32,37)/t15-,21+,23+,25+,42?/m0/s1. The Morgan fingerprint density at radius 2 is 1.88 bits per heavy atom. The zero-order valence-electron chi connectivity index (χ0n) is 23.0. The van der Waals surface area contributed by atoms with Crippen LogP contribution < -0.4 is 21.0 Å². The van der Waals surface area contributed by atoms with E-state index in [2.05, 4.69) is 10.1 Å². The van der Waals surface area contributed by atoms with Gasteiger partial charge in [0, 0.05) is 11.6 Å². The van der Waals surface area contributed by atoms with E-state index in [1.807, 2.05) is 0 Å². The predicted octanol–water partition coefficient (Wildman–Crippen LogP) is 3.76. The number of nitrogens with zero attached hydrogens (tertiary/aromatic N) is 2. The molecule has 4 rings (SSSR count). The zero-order valence-corrected chi connectivity index (χ0v) is 24.7. The number of nitrogens with one attached hydrogen (secondary N) is 1. The van der Waals surface area contributed by atoms with Crippen molar-refractivity contribution >= 4 is 41.0 Å². The molecule has 43 heavy (non-hydrogen) atoms. The fourth-order valence-electron chi connectivity index (χ4n) is 4.31. The van der Waals surface area contributed by atoms with Gasteiger partial charge in [0.1, 0.15) is 17.6 Å². The topological polar surface area (TPSA) is 147 Å². The van der Waals surface area contributed by atoms with Crippen LogP contribution in [0.15, 0.2) is 59.5 Å². The third kappa shape index (κ3) is 6.69. The summed E-state index contributed by atoms with van der Waals surface area (Å²) in [6.45, 7) is -0.962. The maximum absolute atomic E-state index is 15.3. The van der Waals surface area contributed by atoms with E-state index in [9.17, 15) is 23.5 Å². The van der Waals surface area contributed by atoms with E-state index in [0.29, 0.717) is 5.39 Å². The number of aromatic nitrogens is 2. The van der Waals surface area contributed by atoms with Gasteiger partial charge in [0.15, 0.2) is 11.7 Å². The molecule has 1 aliphatic rings. The van der Waals surface area contributed by atoms with Crippen molar-refractivity contribution in [3.8, 4) is 5.75 Å². The molecule has 0 aliphatic carbocycles. The lowest BCUT2D eigenvalue weighted by Crippen LogP contribution is -2.54. The number of anilines is 1. The molecular weight excluding hydrogens is 619 g/mol. The number of alkyl halides is 4. The molecule has 2 aromatic carbocycles. The maximum atomic E-state index is 15.3. The Kier molecular flexibility index (Phi) is 9.50. The van der Waals surface area contributed by atoms with Crippen LogP contribution in [0.5, 0.6) is 5.75 Å². The highest BCUT2D eigenvalue weighted by molar-refractivity contribution is 8.09. The molecule has 0 saturated carbocycles. The molecule has 2 heterocycles. The molecule has 11 nitrogen and oxygen atoms in total. The van der Waals surface area contributed by atoms with E-state index in [1.54, 1.807) is 50.2 Å². The van der Waals surface area contributed by atoms with Crippen molar-refractivity contribution in [1.29, 1.82) is 0 Å². The molecule has 17 heteroatoms. The van der Waals surface area contributed by atoms with Gasteiger partial charge in [-0.2, -0.15) is 13.8 Å². The Bertz CT molecular complexity index is 1590. The molecule has 0 radical (unpaired) electrons. The summed E-state index contributed by atoms with van der Waals surface area (Å²) < 4.78 is 81.9. The van der Waals surface area contributed by atoms with Crippen molar-refractivity contribution in [3.63, 3.8) is 0 Å². The van der Waals surface area contributed by atoms with E-state index in [-0.39, 0.29) is 16.1 Å². The number of halogens is 4. The summed E-state index contributed by atoms with van der Waals surface area (Å²) in [5.41, 5.74) is 0.674. The lowest BCUT2D eigenvalue weighted by molar-refractivity contribution is -0.192. The van der Waals surface area contributed by atoms with Crippen molar-refractivity contribution in [2.75, 3.05) is 12.3 Å². The smallest absolute Gasteiger partial charge is 0.351 e. The number of esters is 1. The number of hydrogen-bond donors (Lipinski definition) is 3. The second-order valence-corrected chi connectivity index (χ2v) is 13.2. The normalized spacial score (nSPS) is 23.8. The molecule has 1 fully saturated rings. The highest BCUT2D eigenvalue weighted by Crippen LogP contribution is 2.54. The average molecular weight is 649 g/mol. The highest BCUT2D eigenvalue weighted by Gasteiger charge is 2.71. The third-order valence-corrected chi connectivity index (χ3v) is 8.91. The van der Waals surface area contributed by atoms with Crippen LogP contribution >= 0.6 is 6.64 Å². The van der Waals surface area contributed by atoms with Crippen LogP contribution in [0.4, 0.5) is 23.4 Å². The number of hydrogen-bond acceptors (Lipinski definition) is 10. The molecule has 1 aliphatic heterocycles. The summed E-state index contributed by atoms with van der Waals surface area (Å²) in [5.74, 6) is -5.38. The minimum absolute atomic E-state index is 0.139. The second-order valence-electron chi connectivity index (χ2n) is 10.0. The van der Waals surface area contributed by atoms with Crippen LogP contribution in [0.3, 0.4) is 0 Å². The number of rotatable bonds is 11. The quantitative estimate of drug-likeness (QED) is 0.159. The van der Waals surface area contributed by atoms with Gasteiger partial charge < -0.3 is 29.4 Å². The number of nitrogen functional groups attached to an aromatic ring is 1. The van der Waals surface area contributed by atoms with Gasteiger partial charge in [-0.25, -0.2) is 18.7 Å². The first-order chi connectivity index (χ1) is 20.1. The van der Waals surface area contributed by atoms with Crippen molar-refractivity contribution in [1.82, 2.24) is 14.6 Å². The molecule has 4 N–H and O–H groups in total. The van der Waals surface area contributed by atoms with Crippen molar-refractivity contribution in [2.45, 2.75) is 63.2 Å². The van der Waals surface area contributed by atoms with Crippen LogP contribution in [0, 0.1) is 0 Å². The van der Waals surface area contributed by atoms with Gasteiger partial charge in [0.05, 0.1) is 12.7 Å². The molecule has 0 spiro atoms. The summed E-state index contributed by atoms with van der Waals surface area (Å²) in [6, 6.07) is 11.6. The highest BCUT2D eigenvalue weighted by atomic mass is 32.5. The van der Waals surface area contributed by atoms with Crippen LogP contribution in [0.25, 0.3) is 10.8 Å². The summed E-state index contributed by atoms with van der Waals surface area (Å²) in [6.07, 6.45) is -9.40. The van der Waals surface area contributed by atoms with E-state index in [1.165, 1.54) is 13.0 Å². The Balaban J connectivity index is 1.70. The first kappa shape index (κ1) is 32.8. The SMILES string of the molecule is CC(C)OC(=O)[C@H](C)NP(=S)(OC[C@@]1(C(F)F)O[C@@H](n2ccc(N)nc2=O)C(F)(F)[C@@H]1O)Oc1cccc2ccccc12. The van der Waals surface area contributed by atoms with Crippen LogP contribution in [-0.4, -0.2) is 63.4 Å². The number of fused-ring (bicyclic) bond motifs is 1. The first-order valence-electron chi connectivity index (χ1n) is 12.9. The number of nitrogens with two attached hydrogens (primary N) is 1. The van der Waals surface area contributed by atoms with Gasteiger partial charge in [0.2, 0.25) is 6.23 Å². The van der Waals surface area contributed by atoms with Gasteiger partial charge in [0.25, 0.3) is 6.43 Å². The van der Waals surface area contributed by atoms with Crippen molar-refractivity contribution in [3.05, 3.63) is 65.2 Å². The Morgan fingerprint density at radius 3 is 2.53 bits per heavy atom. The van der Waals surface area contributed by atoms with Gasteiger partial charge in [-0.3, -0.25) is 9.36 Å². The van der Waals surface area contributed by atoms with Gasteiger partial charge in [-0.1, -0.05) is 36.4 Å². The molecule has 0 amide bonds. The number of aliphatic hydroxyl groups is 1. The number of carbonyl (C=O) groups excluding carboxylic acids is 1. The molecule has 0 bridgehead atoms. The number of benzene rings is 2. The molecule has 1 aromatic heterocycles. The Morgan fingerprint density at radius 1 is 1.21 bits per heavy atom. The molecule has 1 saturated heterocycles. The van der Waals surface area contributed by atoms with E-state index < -0.39 is 67.3 Å². The van der Waals surface area contributed by atoms with E-state index in [0.717, 1.165) is 17.6 Å². The van der Waals surface area contributed by atoms with Crippen LogP contribution in [0.1, 0.15) is 27.0 Å². The van der Waals surface area contributed by atoms with Gasteiger partial charge >= 0.3 is 24.2 Å². The van der Waals surface area contributed by atoms with Crippen LogP contribution in [0.2, 0.25) is 0 Å². The second kappa shape index (κ2) is 12.5. The molecule has 234 valence electrons. The number of ether oxygens (including phenoxy) is 2. The fraction of sp³-hybridized carbons (Fsp3) is 0.423. The van der Waals surface area contributed by atoms with Crippen LogP contribution in [-0.2, 0) is 30.6 Å². The first-order valence-corrected chi connectivity index (χ1v) is 15.5. The number of aliphatic hydroxyl groups excluding tert-OH is 1. The molecule has 5 atom stereocenters. The predicted molar refractivity (Wildman–Crippen MR) is 151 cm³/mol. The van der Waals surface area contributed by atoms with Gasteiger partial charge in [-0.15, -0.1) is 0 Å². The lowest BCUT2D eigenvalue weighted by atomic mass is 9.96. The monoisotopic (exact) mass is 648 g/mol. The maximum Gasteiger partial charge on any atom is 0.351 e. The average Bonchev–Trinajstić information content (AvgIpc) is 3.13. The Hall–Kier alpha value is -3.14. The Labute approximate surface area is 248 Å². The largest absolute Gasteiger partial charge is 0.462 e. The molecular formula is C26H29F4N4O7PS. The van der Waals surface area contributed by atoms with Crippen molar-refractivity contribution in [2.24, 2.45) is 0 Å². The minimum Gasteiger partial charge on any atom is -0.462 e.